The van der Waals surface area contributed by atoms with E-state index in [-0.39, 0.29) is 13.6 Å². The highest BCUT2D eigenvalue weighted by molar-refractivity contribution is 7.80. The van der Waals surface area contributed by atoms with Crippen LogP contribution in [0.15, 0.2) is 97.1 Å². The summed E-state index contributed by atoms with van der Waals surface area (Å²) in [4.78, 5) is 0. The number of benzene rings is 5. The van der Waals surface area contributed by atoms with Crippen LogP contribution in [-0.4, -0.2) is 47.5 Å². The first-order chi connectivity index (χ1) is 21.0. The zero-order valence-corrected chi connectivity index (χ0v) is 26.0. The third kappa shape index (κ3) is 6.93. The van der Waals surface area contributed by atoms with E-state index >= 15 is 0 Å². The largest absolute Gasteiger partial charge is 0.496 e. The second-order valence-corrected chi connectivity index (χ2v) is 11.9. The lowest BCUT2D eigenvalue weighted by Crippen LogP contribution is -2.26. The first-order valence-corrected chi connectivity index (χ1v) is 15.4. The van der Waals surface area contributed by atoms with E-state index in [1.807, 2.05) is 56.3 Å². The molecule has 2 unspecified atom stereocenters. The summed E-state index contributed by atoms with van der Waals surface area (Å²) in [5.74, 6) is 2.25. The van der Waals surface area contributed by atoms with Gasteiger partial charge in [-0.1, -0.05) is 78.9 Å². The lowest BCUT2D eigenvalue weighted by Gasteiger charge is -2.27. The number of hydrogen-bond acceptors (Lipinski definition) is 7. The summed E-state index contributed by atoms with van der Waals surface area (Å²) >= 11 is 0. The van der Waals surface area contributed by atoms with Gasteiger partial charge in [-0.05, 0) is 50.7 Å². The van der Waals surface area contributed by atoms with Crippen molar-refractivity contribution in [2.24, 2.45) is 0 Å². The Morgan fingerprint density at radius 2 is 1.00 bits per heavy atom. The topological polar surface area (TPSA) is 64.6 Å². The van der Waals surface area contributed by atoms with Crippen molar-refractivity contribution in [1.82, 2.24) is 0 Å². The summed E-state index contributed by atoms with van der Waals surface area (Å²) in [6, 6.07) is 33.0. The summed E-state index contributed by atoms with van der Waals surface area (Å²) in [5, 5.41) is 7.11. The third-order valence-electron chi connectivity index (χ3n) is 7.20. The van der Waals surface area contributed by atoms with Crippen molar-refractivity contribution in [3.63, 3.8) is 0 Å². The Bertz CT molecular complexity index is 1560. The van der Waals surface area contributed by atoms with Crippen LogP contribution in [0.5, 0.6) is 17.2 Å². The maximum Gasteiger partial charge on any atom is 0.192 e. The molecule has 8 heteroatoms. The molecule has 5 rings (SSSR count). The quantitative estimate of drug-likeness (QED) is 0.107. The van der Waals surface area contributed by atoms with E-state index in [1.54, 1.807) is 21.3 Å². The van der Waals surface area contributed by atoms with Crippen molar-refractivity contribution >= 4 is 45.4 Å². The average molecular weight is 601 g/mol. The molecule has 0 fully saturated rings. The van der Waals surface area contributed by atoms with Crippen LogP contribution in [-0.2, 0) is 18.9 Å². The zero-order valence-electron chi connectivity index (χ0n) is 25.1. The van der Waals surface area contributed by atoms with Crippen molar-refractivity contribution in [2.75, 3.05) is 34.9 Å². The van der Waals surface area contributed by atoms with Gasteiger partial charge in [0.25, 0.3) is 0 Å². The third-order valence-corrected chi connectivity index (χ3v) is 9.72. The second-order valence-electron chi connectivity index (χ2n) is 9.74. The predicted octanol–water partition coefficient (Wildman–Crippen LogP) is 6.45. The van der Waals surface area contributed by atoms with Gasteiger partial charge in [0.2, 0.25) is 0 Å². The molecule has 0 aliphatic rings. The zero-order chi connectivity index (χ0) is 30.2. The first-order valence-electron chi connectivity index (χ1n) is 14.1. The van der Waals surface area contributed by atoms with Crippen LogP contribution in [0.25, 0.3) is 21.5 Å². The predicted molar refractivity (Wildman–Crippen MR) is 173 cm³/mol. The number of ether oxygens (including phenoxy) is 7. The molecular weight excluding hydrogens is 563 g/mol. The summed E-state index contributed by atoms with van der Waals surface area (Å²) in [5.41, 5.74) is 0. The van der Waals surface area contributed by atoms with Gasteiger partial charge in [0.05, 0.1) is 7.11 Å². The van der Waals surface area contributed by atoms with E-state index in [2.05, 4.69) is 54.6 Å². The highest BCUT2D eigenvalue weighted by atomic mass is 31.1. The molecule has 5 aromatic carbocycles. The minimum Gasteiger partial charge on any atom is -0.496 e. The fourth-order valence-corrected chi connectivity index (χ4v) is 7.46. The SMILES string of the molecule is COc1ccccc1P(c1ccc2ccccc2c1OCOC(C)OC)c1ccc2ccccc2c1OCOC(C)OC. The minimum atomic E-state index is -1.28. The average Bonchev–Trinajstić information content (AvgIpc) is 3.06. The molecule has 0 radical (unpaired) electrons. The molecule has 43 heavy (non-hydrogen) atoms. The van der Waals surface area contributed by atoms with Crippen molar-refractivity contribution < 1.29 is 33.2 Å². The van der Waals surface area contributed by atoms with Crippen molar-refractivity contribution in [3.05, 3.63) is 97.1 Å². The fourth-order valence-electron chi connectivity index (χ4n) is 4.84. The Balaban J connectivity index is 1.74. The van der Waals surface area contributed by atoms with E-state index in [9.17, 15) is 0 Å². The molecule has 5 aromatic rings. The molecule has 7 nitrogen and oxygen atoms in total. The number of para-hydroxylation sites is 1. The van der Waals surface area contributed by atoms with E-state index in [0.717, 1.165) is 54.7 Å². The maximum atomic E-state index is 6.47. The van der Waals surface area contributed by atoms with Crippen LogP contribution in [0.2, 0.25) is 0 Å². The molecule has 2 atom stereocenters. The molecule has 0 bridgehead atoms. The lowest BCUT2D eigenvalue weighted by atomic mass is 10.1. The van der Waals surface area contributed by atoms with E-state index in [0.29, 0.717) is 0 Å². The summed E-state index contributed by atoms with van der Waals surface area (Å²) in [6.07, 6.45) is -0.826. The molecular formula is C35H37O7P. The molecule has 0 aliphatic carbocycles. The Labute approximate surface area is 253 Å². The standard InChI is InChI=1S/C35H37O7P/c1-24(36-3)39-22-41-34-28-14-8-6-12-26(28)18-20-32(34)43(31-17-11-10-16-30(31)38-5)33-21-19-27-13-7-9-15-29(27)35(33)42-23-40-25(2)37-4/h6-21,24-25H,22-23H2,1-5H3. The minimum absolute atomic E-state index is 0.0228. The monoisotopic (exact) mass is 600 g/mol. The van der Waals surface area contributed by atoms with Gasteiger partial charge < -0.3 is 33.2 Å². The fraction of sp³-hybridized carbons (Fsp3) is 0.257. The molecule has 0 aromatic heterocycles. The molecule has 0 saturated carbocycles. The number of hydrogen-bond donors (Lipinski definition) is 0. The molecule has 0 amide bonds. The van der Waals surface area contributed by atoms with Gasteiger partial charge in [0.15, 0.2) is 26.2 Å². The molecule has 0 heterocycles. The summed E-state index contributed by atoms with van der Waals surface area (Å²) in [6.45, 7) is 3.71. The summed E-state index contributed by atoms with van der Waals surface area (Å²) in [7, 11) is 3.63. The Kier molecular flexibility index (Phi) is 10.5. The van der Waals surface area contributed by atoms with Crippen LogP contribution in [0, 0.1) is 0 Å². The van der Waals surface area contributed by atoms with Gasteiger partial charge in [-0.15, -0.1) is 0 Å². The molecule has 0 spiro atoms. The van der Waals surface area contributed by atoms with Gasteiger partial charge in [0, 0.05) is 40.9 Å². The first kappa shape index (κ1) is 30.7. The van der Waals surface area contributed by atoms with Gasteiger partial charge >= 0.3 is 0 Å². The van der Waals surface area contributed by atoms with Crippen molar-refractivity contribution in [2.45, 2.75) is 26.4 Å². The molecule has 224 valence electrons. The smallest absolute Gasteiger partial charge is 0.192 e. The van der Waals surface area contributed by atoms with Crippen LogP contribution in [0.1, 0.15) is 13.8 Å². The Hall–Kier alpha value is -3.71. The highest BCUT2D eigenvalue weighted by Gasteiger charge is 2.29. The van der Waals surface area contributed by atoms with Crippen molar-refractivity contribution in [3.8, 4) is 17.2 Å². The van der Waals surface area contributed by atoms with E-state index in [1.165, 1.54) is 0 Å². The van der Waals surface area contributed by atoms with Crippen LogP contribution >= 0.6 is 7.92 Å². The van der Waals surface area contributed by atoms with Gasteiger partial charge in [-0.3, -0.25) is 0 Å². The van der Waals surface area contributed by atoms with Crippen LogP contribution in [0.3, 0.4) is 0 Å². The number of methoxy groups -OCH3 is 3. The lowest BCUT2D eigenvalue weighted by molar-refractivity contribution is -0.149. The van der Waals surface area contributed by atoms with E-state index < -0.39 is 20.5 Å². The molecule has 0 saturated heterocycles. The molecule has 0 aliphatic heterocycles. The Morgan fingerprint density at radius 3 is 1.49 bits per heavy atom. The number of rotatable bonds is 14. The van der Waals surface area contributed by atoms with Gasteiger partial charge in [0.1, 0.15) is 17.2 Å². The normalized spacial score (nSPS) is 13.5. The maximum absolute atomic E-state index is 6.47. The summed E-state index contributed by atoms with van der Waals surface area (Å²) < 4.78 is 41.0. The second kappa shape index (κ2) is 14.6. The highest BCUT2D eigenvalue weighted by Crippen LogP contribution is 2.45. The van der Waals surface area contributed by atoms with E-state index in [4.69, 9.17) is 33.2 Å². The van der Waals surface area contributed by atoms with Crippen LogP contribution < -0.4 is 30.1 Å². The van der Waals surface area contributed by atoms with Gasteiger partial charge in [-0.25, -0.2) is 0 Å². The number of fused-ring (bicyclic) bond motifs is 2. The molecule has 0 N–H and O–H groups in total. The van der Waals surface area contributed by atoms with Gasteiger partial charge in [-0.2, -0.15) is 0 Å². The Morgan fingerprint density at radius 1 is 0.535 bits per heavy atom. The van der Waals surface area contributed by atoms with Crippen LogP contribution in [0.4, 0.5) is 0 Å². The van der Waals surface area contributed by atoms with Crippen molar-refractivity contribution in [1.29, 1.82) is 0 Å².